The second kappa shape index (κ2) is 6.50. The minimum absolute atomic E-state index is 0.239. The summed E-state index contributed by atoms with van der Waals surface area (Å²) in [5.74, 6) is 1.09. The van der Waals surface area contributed by atoms with Gasteiger partial charge >= 0.3 is 5.97 Å². The van der Waals surface area contributed by atoms with Crippen molar-refractivity contribution in [3.63, 3.8) is 0 Å². The summed E-state index contributed by atoms with van der Waals surface area (Å²) in [4.78, 5) is 11.3. The van der Waals surface area contributed by atoms with Crippen LogP contribution in [0.25, 0.3) is 0 Å². The van der Waals surface area contributed by atoms with Crippen LogP contribution < -0.4 is 5.32 Å². The summed E-state index contributed by atoms with van der Waals surface area (Å²) >= 11 is 0. The van der Waals surface area contributed by atoms with E-state index in [2.05, 4.69) is 27.2 Å². The Kier molecular flexibility index (Phi) is 4.71. The quantitative estimate of drug-likeness (QED) is 0.846. The van der Waals surface area contributed by atoms with Gasteiger partial charge in [0.2, 0.25) is 0 Å². The molecule has 1 aromatic heterocycles. The molecule has 1 heterocycles. The first-order valence-corrected chi connectivity index (χ1v) is 6.91. The Labute approximate surface area is 113 Å². The number of methoxy groups -OCH3 is 1. The van der Waals surface area contributed by atoms with Crippen LogP contribution in [-0.2, 0) is 4.74 Å². The van der Waals surface area contributed by atoms with Gasteiger partial charge in [-0.15, -0.1) is 10.2 Å². The third-order valence-electron chi connectivity index (χ3n) is 3.77. The van der Waals surface area contributed by atoms with Gasteiger partial charge in [0.05, 0.1) is 7.11 Å². The average molecular weight is 263 g/mol. The zero-order valence-corrected chi connectivity index (χ0v) is 11.6. The van der Waals surface area contributed by atoms with E-state index in [1.807, 2.05) is 0 Å². The van der Waals surface area contributed by atoms with Gasteiger partial charge < -0.3 is 10.1 Å². The summed E-state index contributed by atoms with van der Waals surface area (Å²) < 4.78 is 4.59. The number of aromatic nitrogens is 2. The molecule has 0 bridgehead atoms. The molecule has 0 aliphatic heterocycles. The molecule has 0 spiro atoms. The summed E-state index contributed by atoms with van der Waals surface area (Å²) in [6, 6.07) is 3.90. The van der Waals surface area contributed by atoms with Crippen molar-refractivity contribution in [1.82, 2.24) is 10.2 Å². The standard InChI is InChI=1S/C14H21N3O2/c1-3-10-5-4-6-11(9-10)15-13-8-7-12(16-17-13)14(18)19-2/h7-8,10-11H,3-6,9H2,1-2H3,(H,15,17). The Morgan fingerprint density at radius 1 is 1.42 bits per heavy atom. The van der Waals surface area contributed by atoms with Gasteiger partial charge in [-0.2, -0.15) is 0 Å². The Hall–Kier alpha value is -1.65. The molecule has 1 saturated carbocycles. The fourth-order valence-electron chi connectivity index (χ4n) is 2.62. The van der Waals surface area contributed by atoms with E-state index in [9.17, 15) is 4.79 Å². The predicted octanol–water partition coefficient (Wildman–Crippen LogP) is 2.64. The molecule has 1 aliphatic carbocycles. The molecule has 1 N–H and O–H groups in total. The third-order valence-corrected chi connectivity index (χ3v) is 3.77. The molecule has 104 valence electrons. The van der Waals surface area contributed by atoms with Crippen molar-refractivity contribution in [2.24, 2.45) is 5.92 Å². The molecular weight excluding hydrogens is 242 g/mol. The molecule has 1 fully saturated rings. The van der Waals surface area contributed by atoms with E-state index in [0.717, 1.165) is 11.7 Å². The average Bonchev–Trinajstić information content (AvgIpc) is 2.47. The maximum absolute atomic E-state index is 11.3. The van der Waals surface area contributed by atoms with Crippen molar-refractivity contribution in [2.75, 3.05) is 12.4 Å². The lowest BCUT2D eigenvalue weighted by Gasteiger charge is -2.29. The van der Waals surface area contributed by atoms with E-state index in [4.69, 9.17) is 0 Å². The van der Waals surface area contributed by atoms with Gasteiger partial charge in [0.25, 0.3) is 0 Å². The number of anilines is 1. The molecule has 2 rings (SSSR count). The van der Waals surface area contributed by atoms with Crippen LogP contribution in [0.3, 0.4) is 0 Å². The number of nitrogens with one attached hydrogen (secondary N) is 1. The highest BCUT2D eigenvalue weighted by Crippen LogP contribution is 2.28. The van der Waals surface area contributed by atoms with Gasteiger partial charge in [-0.25, -0.2) is 4.79 Å². The normalized spacial score (nSPS) is 22.8. The lowest BCUT2D eigenvalue weighted by atomic mass is 9.84. The lowest BCUT2D eigenvalue weighted by Crippen LogP contribution is -2.27. The highest BCUT2D eigenvalue weighted by atomic mass is 16.5. The fourth-order valence-corrected chi connectivity index (χ4v) is 2.62. The van der Waals surface area contributed by atoms with Gasteiger partial charge in [0.1, 0.15) is 5.82 Å². The monoisotopic (exact) mass is 263 g/mol. The second-order valence-electron chi connectivity index (χ2n) is 5.08. The summed E-state index contributed by atoms with van der Waals surface area (Å²) in [6.45, 7) is 2.25. The zero-order valence-electron chi connectivity index (χ0n) is 11.6. The molecule has 5 heteroatoms. The number of hydrogen-bond acceptors (Lipinski definition) is 5. The number of carbonyl (C=O) groups excluding carboxylic acids is 1. The molecule has 0 amide bonds. The zero-order chi connectivity index (χ0) is 13.7. The summed E-state index contributed by atoms with van der Waals surface area (Å²) in [5, 5.41) is 11.3. The van der Waals surface area contributed by atoms with Crippen LogP contribution in [0.15, 0.2) is 12.1 Å². The summed E-state index contributed by atoms with van der Waals surface area (Å²) in [7, 11) is 1.34. The van der Waals surface area contributed by atoms with Crippen molar-refractivity contribution in [3.8, 4) is 0 Å². The Balaban J connectivity index is 1.94. The molecule has 2 atom stereocenters. The molecule has 0 saturated heterocycles. The van der Waals surface area contributed by atoms with Gasteiger partial charge in [0.15, 0.2) is 5.69 Å². The highest BCUT2D eigenvalue weighted by Gasteiger charge is 2.21. The van der Waals surface area contributed by atoms with Gasteiger partial charge in [-0.05, 0) is 30.9 Å². The SMILES string of the molecule is CCC1CCCC(Nc2ccc(C(=O)OC)nn2)C1. The van der Waals surface area contributed by atoms with Crippen LogP contribution >= 0.6 is 0 Å². The molecular formula is C14H21N3O2. The van der Waals surface area contributed by atoms with Gasteiger partial charge in [-0.3, -0.25) is 0 Å². The van der Waals surface area contributed by atoms with E-state index in [1.165, 1.54) is 39.2 Å². The molecule has 0 radical (unpaired) electrons. The fraction of sp³-hybridized carbons (Fsp3) is 0.643. The Morgan fingerprint density at radius 2 is 2.26 bits per heavy atom. The van der Waals surface area contributed by atoms with Gasteiger partial charge in [-0.1, -0.05) is 26.2 Å². The minimum Gasteiger partial charge on any atom is -0.464 e. The van der Waals surface area contributed by atoms with E-state index < -0.39 is 5.97 Å². The minimum atomic E-state index is -0.456. The Bertz CT molecular complexity index is 419. The highest BCUT2D eigenvalue weighted by molar-refractivity contribution is 5.86. The van der Waals surface area contributed by atoms with Gasteiger partial charge in [0, 0.05) is 6.04 Å². The van der Waals surface area contributed by atoms with E-state index in [1.54, 1.807) is 12.1 Å². The first kappa shape index (κ1) is 13.8. The number of nitrogens with zero attached hydrogens (tertiary/aromatic N) is 2. The van der Waals surface area contributed by atoms with Crippen LogP contribution in [0.2, 0.25) is 0 Å². The smallest absolute Gasteiger partial charge is 0.358 e. The summed E-state index contributed by atoms with van der Waals surface area (Å²) in [5.41, 5.74) is 0.239. The first-order chi connectivity index (χ1) is 9.22. The number of carbonyl (C=O) groups is 1. The first-order valence-electron chi connectivity index (χ1n) is 6.91. The van der Waals surface area contributed by atoms with Crippen molar-refractivity contribution in [3.05, 3.63) is 17.8 Å². The lowest BCUT2D eigenvalue weighted by molar-refractivity contribution is 0.0593. The van der Waals surface area contributed by atoms with Crippen LogP contribution in [0.4, 0.5) is 5.82 Å². The van der Waals surface area contributed by atoms with Crippen LogP contribution in [0.1, 0.15) is 49.5 Å². The predicted molar refractivity (Wildman–Crippen MR) is 73.0 cm³/mol. The number of rotatable bonds is 4. The van der Waals surface area contributed by atoms with Crippen molar-refractivity contribution >= 4 is 11.8 Å². The number of esters is 1. The molecule has 1 aliphatic rings. The number of hydrogen-bond donors (Lipinski definition) is 1. The van der Waals surface area contributed by atoms with Crippen LogP contribution in [0.5, 0.6) is 0 Å². The molecule has 1 aromatic rings. The third kappa shape index (κ3) is 3.66. The van der Waals surface area contributed by atoms with Crippen LogP contribution in [0, 0.1) is 5.92 Å². The van der Waals surface area contributed by atoms with Crippen molar-refractivity contribution in [2.45, 2.75) is 45.1 Å². The van der Waals surface area contributed by atoms with E-state index in [-0.39, 0.29) is 5.69 Å². The summed E-state index contributed by atoms with van der Waals surface area (Å²) in [6.07, 6.45) is 6.21. The van der Waals surface area contributed by atoms with E-state index >= 15 is 0 Å². The van der Waals surface area contributed by atoms with Crippen molar-refractivity contribution < 1.29 is 9.53 Å². The maximum atomic E-state index is 11.3. The largest absolute Gasteiger partial charge is 0.464 e. The van der Waals surface area contributed by atoms with Crippen LogP contribution in [-0.4, -0.2) is 29.3 Å². The molecule has 2 unspecified atom stereocenters. The van der Waals surface area contributed by atoms with E-state index in [0.29, 0.717) is 6.04 Å². The maximum Gasteiger partial charge on any atom is 0.358 e. The second-order valence-corrected chi connectivity index (χ2v) is 5.08. The molecule has 0 aromatic carbocycles. The molecule has 5 nitrogen and oxygen atoms in total. The Morgan fingerprint density at radius 3 is 2.89 bits per heavy atom. The topological polar surface area (TPSA) is 64.1 Å². The number of ether oxygens (including phenoxy) is 1. The van der Waals surface area contributed by atoms with Crippen molar-refractivity contribution in [1.29, 1.82) is 0 Å². The molecule has 19 heavy (non-hydrogen) atoms.